The zero-order valence-corrected chi connectivity index (χ0v) is 10.2. The van der Waals surface area contributed by atoms with Crippen molar-refractivity contribution in [2.45, 2.75) is 19.6 Å². The normalized spacial score (nSPS) is 11.8. The Morgan fingerprint density at radius 2 is 2.05 bits per heavy atom. The Morgan fingerprint density at radius 1 is 1.40 bits per heavy atom. The van der Waals surface area contributed by atoms with E-state index in [1.165, 1.54) is 12.1 Å². The number of pyridine rings is 2. The van der Waals surface area contributed by atoms with Crippen molar-refractivity contribution in [2.24, 2.45) is 0 Å². The maximum atomic E-state index is 12.5. The minimum atomic E-state index is -4.55. The molecule has 0 saturated heterocycles. The smallest absolute Gasteiger partial charge is 0.406 e. The average molecular weight is 286 g/mol. The molecule has 0 aliphatic rings. The van der Waals surface area contributed by atoms with E-state index >= 15 is 0 Å². The van der Waals surface area contributed by atoms with Gasteiger partial charge in [-0.1, -0.05) is 0 Å². The highest BCUT2D eigenvalue weighted by Crippen LogP contribution is 2.20. The van der Waals surface area contributed by atoms with Crippen molar-refractivity contribution in [3.63, 3.8) is 0 Å². The number of carboxylic acids is 1. The summed E-state index contributed by atoms with van der Waals surface area (Å²) < 4.78 is 38.2. The molecule has 2 heterocycles. The first kappa shape index (κ1) is 14.0. The third-order valence-corrected chi connectivity index (χ3v) is 2.64. The van der Waals surface area contributed by atoms with Gasteiger partial charge in [0, 0.05) is 11.9 Å². The molecule has 0 bridgehead atoms. The van der Waals surface area contributed by atoms with Crippen LogP contribution in [0.25, 0.3) is 11.0 Å². The van der Waals surface area contributed by atoms with Gasteiger partial charge in [-0.25, -0.2) is 9.78 Å². The van der Waals surface area contributed by atoms with Crippen molar-refractivity contribution >= 4 is 17.0 Å². The highest BCUT2D eigenvalue weighted by Gasteiger charge is 2.29. The van der Waals surface area contributed by atoms with Crippen molar-refractivity contribution < 1.29 is 23.1 Å². The number of nitrogens with zero attached hydrogens (tertiary/aromatic N) is 2. The molecule has 20 heavy (non-hydrogen) atoms. The first-order valence-corrected chi connectivity index (χ1v) is 5.50. The number of halogens is 3. The molecule has 0 aliphatic heterocycles. The van der Waals surface area contributed by atoms with Gasteiger partial charge in [-0.2, -0.15) is 13.2 Å². The summed E-state index contributed by atoms with van der Waals surface area (Å²) >= 11 is 0. The second-order valence-corrected chi connectivity index (χ2v) is 4.24. The molecular weight excluding hydrogens is 277 g/mol. The topological polar surface area (TPSA) is 72.2 Å². The predicted octanol–water partition coefficient (Wildman–Crippen LogP) is 1.97. The van der Waals surface area contributed by atoms with Crippen LogP contribution < -0.4 is 5.43 Å². The number of fused-ring (bicyclic) bond motifs is 1. The van der Waals surface area contributed by atoms with Crippen LogP contribution in [0.2, 0.25) is 0 Å². The van der Waals surface area contributed by atoms with Crippen LogP contribution in [0.4, 0.5) is 13.2 Å². The molecule has 5 nitrogen and oxygen atoms in total. The monoisotopic (exact) mass is 286 g/mol. The van der Waals surface area contributed by atoms with Crippen molar-refractivity contribution in [3.8, 4) is 0 Å². The number of rotatable bonds is 2. The van der Waals surface area contributed by atoms with Crippen LogP contribution in [0.3, 0.4) is 0 Å². The van der Waals surface area contributed by atoms with Gasteiger partial charge in [-0.05, 0) is 19.1 Å². The summed E-state index contributed by atoms with van der Waals surface area (Å²) in [6, 6.07) is 2.71. The number of carbonyl (C=O) groups is 1. The van der Waals surface area contributed by atoms with Crippen molar-refractivity contribution in [1.29, 1.82) is 0 Å². The number of aromatic carboxylic acids is 1. The van der Waals surface area contributed by atoms with Crippen LogP contribution >= 0.6 is 0 Å². The zero-order chi connectivity index (χ0) is 15.1. The number of hydrogen-bond donors (Lipinski definition) is 1. The van der Waals surface area contributed by atoms with Gasteiger partial charge in [0.05, 0.1) is 5.39 Å². The standard InChI is InChI=1S/C12H9F3N2O3/c1-6-2-3-7-9(18)8(11(19)20)4-17(10(7)16-6)5-12(13,14)15/h2-4H,5H2,1H3,(H,19,20). The van der Waals surface area contributed by atoms with Gasteiger partial charge >= 0.3 is 12.1 Å². The van der Waals surface area contributed by atoms with E-state index in [0.29, 0.717) is 16.5 Å². The number of alkyl halides is 3. The third kappa shape index (κ3) is 2.63. The van der Waals surface area contributed by atoms with Gasteiger partial charge in [-0.3, -0.25) is 4.79 Å². The number of carboxylic acid groups (broad SMARTS) is 1. The molecule has 0 unspecified atom stereocenters. The average Bonchev–Trinajstić information content (AvgIpc) is 2.30. The molecular formula is C12H9F3N2O3. The van der Waals surface area contributed by atoms with Crippen LogP contribution in [0, 0.1) is 6.92 Å². The molecule has 0 atom stereocenters. The molecule has 0 aromatic carbocycles. The summed E-state index contributed by atoms with van der Waals surface area (Å²) in [5.74, 6) is -1.58. The Hall–Kier alpha value is -2.38. The predicted molar refractivity (Wildman–Crippen MR) is 63.8 cm³/mol. The number of aromatic nitrogens is 2. The molecule has 1 N–H and O–H groups in total. The lowest BCUT2D eigenvalue weighted by atomic mass is 10.2. The maximum Gasteiger partial charge on any atom is 0.406 e. The summed E-state index contributed by atoms with van der Waals surface area (Å²) in [6.45, 7) is 0.146. The molecule has 8 heteroatoms. The summed E-state index contributed by atoms with van der Waals surface area (Å²) in [5, 5.41) is 8.73. The highest BCUT2D eigenvalue weighted by atomic mass is 19.4. The summed E-state index contributed by atoms with van der Waals surface area (Å²) in [4.78, 5) is 26.7. The molecule has 0 amide bonds. The van der Waals surface area contributed by atoms with E-state index < -0.39 is 29.7 Å². The van der Waals surface area contributed by atoms with Crippen LogP contribution in [-0.4, -0.2) is 26.8 Å². The summed E-state index contributed by atoms with van der Waals surface area (Å²) in [7, 11) is 0. The van der Waals surface area contributed by atoms with Gasteiger partial charge in [-0.15, -0.1) is 0 Å². The van der Waals surface area contributed by atoms with E-state index in [0.717, 1.165) is 0 Å². The molecule has 2 aromatic heterocycles. The first-order valence-electron chi connectivity index (χ1n) is 5.50. The molecule has 0 radical (unpaired) electrons. The van der Waals surface area contributed by atoms with Crippen molar-refractivity contribution in [2.75, 3.05) is 0 Å². The van der Waals surface area contributed by atoms with E-state index in [1.807, 2.05) is 0 Å². The van der Waals surface area contributed by atoms with E-state index in [1.54, 1.807) is 6.92 Å². The van der Waals surface area contributed by atoms with Gasteiger partial charge in [0.25, 0.3) is 0 Å². The van der Waals surface area contributed by atoms with E-state index in [2.05, 4.69) is 4.98 Å². The molecule has 0 spiro atoms. The van der Waals surface area contributed by atoms with Crippen molar-refractivity contribution in [1.82, 2.24) is 9.55 Å². The number of hydrogen-bond acceptors (Lipinski definition) is 3. The fraction of sp³-hybridized carbons (Fsp3) is 0.250. The Bertz CT molecular complexity index is 750. The second-order valence-electron chi connectivity index (χ2n) is 4.24. The molecule has 0 fully saturated rings. The molecule has 2 aromatic rings. The Labute approximate surface area is 110 Å². The molecule has 0 aliphatic carbocycles. The second kappa shape index (κ2) is 4.62. The fourth-order valence-electron chi connectivity index (χ4n) is 1.83. The first-order chi connectivity index (χ1) is 9.19. The zero-order valence-electron chi connectivity index (χ0n) is 10.2. The molecule has 0 saturated carbocycles. The maximum absolute atomic E-state index is 12.5. The highest BCUT2D eigenvalue weighted by molar-refractivity contribution is 5.91. The van der Waals surface area contributed by atoms with Crippen LogP contribution in [0.1, 0.15) is 16.1 Å². The van der Waals surface area contributed by atoms with Crippen LogP contribution in [-0.2, 0) is 6.54 Å². The minimum absolute atomic E-state index is 0.153. The minimum Gasteiger partial charge on any atom is -0.477 e. The summed E-state index contributed by atoms with van der Waals surface area (Å²) in [6.07, 6.45) is -3.88. The molecule has 106 valence electrons. The largest absolute Gasteiger partial charge is 0.477 e. The van der Waals surface area contributed by atoms with Crippen LogP contribution in [0.5, 0.6) is 0 Å². The SMILES string of the molecule is Cc1ccc2c(=O)c(C(=O)O)cn(CC(F)(F)F)c2n1. The quantitative estimate of drug-likeness (QED) is 0.916. The number of aryl methyl sites for hydroxylation is 1. The van der Waals surface area contributed by atoms with Gasteiger partial charge in [0.1, 0.15) is 17.8 Å². The van der Waals surface area contributed by atoms with E-state index in [4.69, 9.17) is 5.11 Å². The van der Waals surface area contributed by atoms with Gasteiger partial charge in [0.2, 0.25) is 5.43 Å². The molecule has 2 rings (SSSR count). The van der Waals surface area contributed by atoms with E-state index in [9.17, 15) is 22.8 Å². The van der Waals surface area contributed by atoms with Crippen LogP contribution in [0.15, 0.2) is 23.1 Å². The Morgan fingerprint density at radius 3 is 2.60 bits per heavy atom. The van der Waals surface area contributed by atoms with E-state index in [-0.39, 0.29) is 11.0 Å². The van der Waals surface area contributed by atoms with Crippen molar-refractivity contribution in [3.05, 3.63) is 39.8 Å². The summed E-state index contributed by atoms with van der Waals surface area (Å²) in [5.41, 5.74) is -1.32. The lowest BCUT2D eigenvalue weighted by Gasteiger charge is -2.13. The lowest BCUT2D eigenvalue weighted by Crippen LogP contribution is -2.24. The van der Waals surface area contributed by atoms with Gasteiger partial charge < -0.3 is 9.67 Å². The van der Waals surface area contributed by atoms with Gasteiger partial charge in [0.15, 0.2) is 0 Å². The Balaban J connectivity index is 2.83. The Kier molecular flexibility index (Phi) is 3.24. The third-order valence-electron chi connectivity index (χ3n) is 2.64. The fourth-order valence-corrected chi connectivity index (χ4v) is 1.83. The lowest BCUT2D eigenvalue weighted by molar-refractivity contribution is -0.140.